The normalized spacial score (nSPS) is 11.8. The second-order valence-electron chi connectivity index (χ2n) is 13.3. The quantitative estimate of drug-likeness (QED) is 0.180. The molecule has 0 saturated heterocycles. The highest BCUT2D eigenvalue weighted by atomic mass is 32.1. The number of para-hydroxylation sites is 3. The van der Waals surface area contributed by atoms with Gasteiger partial charge in [-0.05, 0) is 96.1 Å². The van der Waals surface area contributed by atoms with Gasteiger partial charge in [0, 0.05) is 54.1 Å². The summed E-state index contributed by atoms with van der Waals surface area (Å²) in [7, 11) is 0. The van der Waals surface area contributed by atoms with Crippen molar-refractivity contribution < 1.29 is 4.42 Å². The van der Waals surface area contributed by atoms with Crippen molar-refractivity contribution in [3.8, 4) is 16.8 Å². The topological polar surface area (TPSA) is 21.3 Å². The molecule has 0 fully saturated rings. The molecule has 3 aromatic heterocycles. The zero-order chi connectivity index (χ0) is 34.2. The van der Waals surface area contributed by atoms with E-state index in [9.17, 15) is 0 Å². The lowest BCUT2D eigenvalue weighted by Gasteiger charge is -2.26. The maximum absolute atomic E-state index is 6.24. The van der Waals surface area contributed by atoms with Gasteiger partial charge >= 0.3 is 0 Å². The maximum atomic E-state index is 6.24. The molecule has 52 heavy (non-hydrogen) atoms. The Bertz CT molecular complexity index is 3130. The Morgan fingerprint density at radius 1 is 0.423 bits per heavy atom. The first-order valence-corrected chi connectivity index (χ1v) is 18.4. The number of rotatable bonds is 5. The van der Waals surface area contributed by atoms with E-state index >= 15 is 0 Å². The fraction of sp³-hybridized carbons (Fsp3) is 0. The van der Waals surface area contributed by atoms with E-state index in [2.05, 4.69) is 179 Å². The molecular formula is C48H30N2OS. The third-order valence-electron chi connectivity index (χ3n) is 10.4. The predicted molar refractivity (Wildman–Crippen MR) is 221 cm³/mol. The lowest BCUT2D eigenvalue weighted by atomic mass is 10.0. The summed E-state index contributed by atoms with van der Waals surface area (Å²) < 4.78 is 11.2. The molecule has 0 aliphatic heterocycles. The van der Waals surface area contributed by atoms with E-state index < -0.39 is 0 Å². The van der Waals surface area contributed by atoms with E-state index in [4.69, 9.17) is 4.42 Å². The van der Waals surface area contributed by atoms with Gasteiger partial charge in [-0.25, -0.2) is 0 Å². The van der Waals surface area contributed by atoms with Crippen LogP contribution in [0.15, 0.2) is 186 Å². The van der Waals surface area contributed by atoms with Crippen LogP contribution in [0.5, 0.6) is 0 Å². The first kappa shape index (κ1) is 29.1. The molecule has 4 heteroatoms. The van der Waals surface area contributed by atoms with Gasteiger partial charge < -0.3 is 13.9 Å². The number of benzene rings is 8. The molecule has 11 aromatic rings. The van der Waals surface area contributed by atoms with Crippen molar-refractivity contribution in [2.45, 2.75) is 0 Å². The second kappa shape index (κ2) is 11.5. The van der Waals surface area contributed by atoms with Gasteiger partial charge in [-0.2, -0.15) is 0 Å². The van der Waals surface area contributed by atoms with Crippen LogP contribution in [0, 0.1) is 0 Å². The molecule has 0 unspecified atom stereocenters. The van der Waals surface area contributed by atoms with Gasteiger partial charge in [0.05, 0.1) is 21.4 Å². The van der Waals surface area contributed by atoms with Crippen LogP contribution in [-0.2, 0) is 0 Å². The molecule has 244 valence electrons. The minimum absolute atomic E-state index is 0.912. The Morgan fingerprint density at radius 3 is 1.96 bits per heavy atom. The van der Waals surface area contributed by atoms with Crippen molar-refractivity contribution in [1.82, 2.24) is 4.57 Å². The van der Waals surface area contributed by atoms with Crippen LogP contribution in [0.3, 0.4) is 0 Å². The van der Waals surface area contributed by atoms with Crippen LogP contribution in [0.1, 0.15) is 0 Å². The van der Waals surface area contributed by atoms with Crippen molar-refractivity contribution in [2.75, 3.05) is 4.90 Å². The number of aromatic nitrogens is 1. The first-order valence-electron chi connectivity index (χ1n) is 17.6. The minimum Gasteiger partial charge on any atom is -0.456 e. The highest BCUT2D eigenvalue weighted by Gasteiger charge is 2.19. The standard InChI is InChI=1S/C48H30N2OS/c1-2-11-33(12-3-1)49(44-18-10-16-40-39-15-6-9-20-47(39)52-48(40)44)34-23-25-35(26-24-34)50-42-17-7-4-13-36(42)41-29-31(22-28-43(41)50)32-21-27-38-37-14-5-8-19-45(37)51-46(38)30-32/h1-30H. The fourth-order valence-corrected chi connectivity index (χ4v) is 9.21. The molecule has 0 amide bonds. The smallest absolute Gasteiger partial charge is 0.136 e. The summed E-state index contributed by atoms with van der Waals surface area (Å²) >= 11 is 1.86. The number of anilines is 3. The molecule has 11 rings (SSSR count). The molecule has 0 atom stereocenters. The summed E-state index contributed by atoms with van der Waals surface area (Å²) in [5, 5.41) is 7.35. The predicted octanol–water partition coefficient (Wildman–Crippen LogP) is 14.2. The van der Waals surface area contributed by atoms with Gasteiger partial charge in [0.1, 0.15) is 11.2 Å². The molecule has 0 N–H and O–H groups in total. The zero-order valence-electron chi connectivity index (χ0n) is 28.0. The molecule has 0 saturated carbocycles. The summed E-state index contributed by atoms with van der Waals surface area (Å²) in [4.78, 5) is 2.39. The Hall–Kier alpha value is -6.62. The Balaban J connectivity index is 1.04. The van der Waals surface area contributed by atoms with E-state index in [1.54, 1.807) is 0 Å². The summed E-state index contributed by atoms with van der Waals surface area (Å²) in [6.07, 6.45) is 0. The Labute approximate surface area is 303 Å². The van der Waals surface area contributed by atoms with Crippen LogP contribution in [-0.4, -0.2) is 4.57 Å². The average molecular weight is 683 g/mol. The lowest BCUT2D eigenvalue weighted by molar-refractivity contribution is 0.669. The van der Waals surface area contributed by atoms with Crippen LogP contribution in [0.2, 0.25) is 0 Å². The van der Waals surface area contributed by atoms with Gasteiger partial charge in [0.25, 0.3) is 0 Å². The SMILES string of the molecule is c1ccc(N(c2ccc(-n3c4ccccc4c4cc(-c5ccc6c(c5)oc5ccccc56)ccc43)cc2)c2cccc3c2sc2ccccc23)cc1. The van der Waals surface area contributed by atoms with Crippen LogP contribution in [0.25, 0.3) is 80.7 Å². The summed E-state index contributed by atoms with van der Waals surface area (Å²) in [5.74, 6) is 0. The van der Waals surface area contributed by atoms with Gasteiger partial charge in [-0.3, -0.25) is 0 Å². The first-order chi connectivity index (χ1) is 25.8. The van der Waals surface area contributed by atoms with Crippen molar-refractivity contribution >= 4 is 92.3 Å². The maximum Gasteiger partial charge on any atom is 0.136 e. The fourth-order valence-electron chi connectivity index (χ4n) is 8.00. The van der Waals surface area contributed by atoms with E-state index in [0.29, 0.717) is 0 Å². The van der Waals surface area contributed by atoms with Crippen molar-refractivity contribution in [3.63, 3.8) is 0 Å². The minimum atomic E-state index is 0.912. The second-order valence-corrected chi connectivity index (χ2v) is 14.4. The van der Waals surface area contributed by atoms with Crippen molar-refractivity contribution in [3.05, 3.63) is 182 Å². The lowest BCUT2D eigenvalue weighted by Crippen LogP contribution is -2.10. The van der Waals surface area contributed by atoms with Gasteiger partial charge in [-0.1, -0.05) is 97.1 Å². The highest BCUT2D eigenvalue weighted by molar-refractivity contribution is 7.26. The van der Waals surface area contributed by atoms with Crippen molar-refractivity contribution in [2.24, 2.45) is 0 Å². The molecular weight excluding hydrogens is 653 g/mol. The zero-order valence-corrected chi connectivity index (χ0v) is 28.8. The largest absolute Gasteiger partial charge is 0.456 e. The third kappa shape index (κ3) is 4.45. The van der Waals surface area contributed by atoms with Crippen molar-refractivity contribution in [1.29, 1.82) is 0 Å². The summed E-state index contributed by atoms with van der Waals surface area (Å²) in [6.45, 7) is 0. The molecule has 0 radical (unpaired) electrons. The van der Waals surface area contributed by atoms with E-state index in [0.717, 1.165) is 44.6 Å². The molecule has 0 aliphatic rings. The third-order valence-corrected chi connectivity index (χ3v) is 11.6. The number of hydrogen-bond acceptors (Lipinski definition) is 3. The number of furan rings is 1. The molecule has 3 nitrogen and oxygen atoms in total. The average Bonchev–Trinajstić information content (AvgIpc) is 3.88. The molecule has 0 spiro atoms. The van der Waals surface area contributed by atoms with E-state index in [1.807, 2.05) is 23.5 Å². The van der Waals surface area contributed by atoms with Crippen LogP contribution < -0.4 is 4.90 Å². The van der Waals surface area contributed by atoms with Gasteiger partial charge in [0.15, 0.2) is 0 Å². The Kier molecular flexibility index (Phi) is 6.42. The Morgan fingerprint density at radius 2 is 1.08 bits per heavy atom. The molecule has 0 aliphatic carbocycles. The summed E-state index contributed by atoms with van der Waals surface area (Å²) in [6, 6.07) is 65.5. The number of fused-ring (bicyclic) bond motifs is 9. The monoisotopic (exact) mass is 682 g/mol. The van der Waals surface area contributed by atoms with Crippen LogP contribution >= 0.6 is 11.3 Å². The van der Waals surface area contributed by atoms with E-state index in [-0.39, 0.29) is 0 Å². The van der Waals surface area contributed by atoms with Crippen LogP contribution in [0.4, 0.5) is 17.1 Å². The van der Waals surface area contributed by atoms with Gasteiger partial charge in [-0.15, -0.1) is 11.3 Å². The molecule has 3 heterocycles. The van der Waals surface area contributed by atoms with E-state index in [1.165, 1.54) is 53.2 Å². The summed E-state index contributed by atoms with van der Waals surface area (Å²) in [5.41, 5.74) is 11.1. The molecule has 8 aromatic carbocycles. The number of thiophene rings is 1. The number of hydrogen-bond donors (Lipinski definition) is 0. The number of nitrogens with zero attached hydrogens (tertiary/aromatic N) is 2. The van der Waals surface area contributed by atoms with Gasteiger partial charge in [0.2, 0.25) is 0 Å². The molecule has 0 bridgehead atoms. The highest BCUT2D eigenvalue weighted by Crippen LogP contribution is 2.45.